The van der Waals surface area contributed by atoms with Crippen LogP contribution in [-0.2, 0) is 4.74 Å². The van der Waals surface area contributed by atoms with Crippen molar-refractivity contribution in [2.75, 3.05) is 26.3 Å². The number of hydrogen-bond acceptors (Lipinski definition) is 2. The van der Waals surface area contributed by atoms with E-state index in [1.54, 1.807) is 0 Å². The molecule has 84 valence electrons. The number of ether oxygens (including phenoxy) is 1. The van der Waals surface area contributed by atoms with Crippen LogP contribution < -0.4 is 5.32 Å². The molecule has 0 radical (unpaired) electrons. The normalized spacial score (nSPS) is 29.4. The molecule has 3 unspecified atom stereocenters. The molecule has 0 aromatic heterocycles. The Balaban J connectivity index is 2.27. The highest BCUT2D eigenvalue weighted by Crippen LogP contribution is 2.27. The minimum atomic E-state index is 0.747. The van der Waals surface area contributed by atoms with Gasteiger partial charge in [0.25, 0.3) is 0 Å². The highest BCUT2D eigenvalue weighted by atomic mass is 16.5. The largest absolute Gasteiger partial charge is 0.381 e. The van der Waals surface area contributed by atoms with Gasteiger partial charge in [-0.2, -0.15) is 0 Å². The third-order valence-electron chi connectivity index (χ3n) is 3.45. The summed E-state index contributed by atoms with van der Waals surface area (Å²) in [5.41, 5.74) is 0. The zero-order valence-electron chi connectivity index (χ0n) is 9.88. The number of nitrogens with one attached hydrogen (secondary N) is 1. The van der Waals surface area contributed by atoms with E-state index < -0.39 is 0 Å². The fourth-order valence-electron chi connectivity index (χ4n) is 2.28. The predicted molar refractivity (Wildman–Crippen MR) is 60.4 cm³/mol. The maximum Gasteiger partial charge on any atom is 0.0509 e. The van der Waals surface area contributed by atoms with Crippen LogP contribution >= 0.6 is 0 Å². The minimum Gasteiger partial charge on any atom is -0.381 e. The standard InChI is InChI=1S/C12H25NO/c1-4-6-14-9-11-7-13-8-12(11)10(3)5-2/h10-13H,4-9H2,1-3H3. The molecule has 0 amide bonds. The van der Waals surface area contributed by atoms with Gasteiger partial charge >= 0.3 is 0 Å². The molecule has 0 aromatic carbocycles. The molecule has 1 N–H and O–H groups in total. The van der Waals surface area contributed by atoms with E-state index >= 15 is 0 Å². The summed E-state index contributed by atoms with van der Waals surface area (Å²) < 4.78 is 5.65. The van der Waals surface area contributed by atoms with Crippen LogP contribution in [0.5, 0.6) is 0 Å². The Morgan fingerprint density at radius 2 is 2.14 bits per heavy atom. The van der Waals surface area contributed by atoms with E-state index in [9.17, 15) is 0 Å². The molecule has 3 atom stereocenters. The highest BCUT2D eigenvalue weighted by molar-refractivity contribution is 4.83. The van der Waals surface area contributed by atoms with Gasteiger partial charge < -0.3 is 10.1 Å². The maximum absolute atomic E-state index is 5.65. The van der Waals surface area contributed by atoms with Crippen molar-refractivity contribution < 1.29 is 4.74 Å². The van der Waals surface area contributed by atoms with E-state index in [1.807, 2.05) is 0 Å². The molecule has 2 nitrogen and oxygen atoms in total. The Kier molecular flexibility index (Phi) is 5.49. The van der Waals surface area contributed by atoms with Gasteiger partial charge in [0.2, 0.25) is 0 Å². The van der Waals surface area contributed by atoms with Crippen molar-refractivity contribution in [3.05, 3.63) is 0 Å². The molecule has 1 rings (SSSR count). The number of rotatable bonds is 6. The lowest BCUT2D eigenvalue weighted by Crippen LogP contribution is -2.24. The van der Waals surface area contributed by atoms with Crippen molar-refractivity contribution in [1.29, 1.82) is 0 Å². The van der Waals surface area contributed by atoms with Crippen LogP contribution in [-0.4, -0.2) is 26.3 Å². The van der Waals surface area contributed by atoms with Crippen molar-refractivity contribution in [3.8, 4) is 0 Å². The Morgan fingerprint density at radius 1 is 1.36 bits per heavy atom. The molecule has 0 aliphatic carbocycles. The summed E-state index contributed by atoms with van der Waals surface area (Å²) in [7, 11) is 0. The summed E-state index contributed by atoms with van der Waals surface area (Å²) in [6.07, 6.45) is 2.42. The fourth-order valence-corrected chi connectivity index (χ4v) is 2.28. The second-order valence-corrected chi connectivity index (χ2v) is 4.54. The molecule has 1 fully saturated rings. The lowest BCUT2D eigenvalue weighted by Gasteiger charge is -2.23. The monoisotopic (exact) mass is 199 g/mol. The van der Waals surface area contributed by atoms with E-state index in [1.165, 1.54) is 13.0 Å². The van der Waals surface area contributed by atoms with Crippen LogP contribution in [0, 0.1) is 17.8 Å². The molecule has 1 aliphatic rings. The van der Waals surface area contributed by atoms with Crippen molar-refractivity contribution >= 4 is 0 Å². The first-order valence-electron chi connectivity index (χ1n) is 6.08. The molecule has 14 heavy (non-hydrogen) atoms. The summed E-state index contributed by atoms with van der Waals surface area (Å²) in [6, 6.07) is 0. The van der Waals surface area contributed by atoms with Crippen LogP contribution in [0.25, 0.3) is 0 Å². The Labute approximate surface area is 88.4 Å². The van der Waals surface area contributed by atoms with Crippen LogP contribution in [0.3, 0.4) is 0 Å². The van der Waals surface area contributed by atoms with Gasteiger partial charge in [-0.05, 0) is 30.7 Å². The van der Waals surface area contributed by atoms with Gasteiger partial charge in [-0.1, -0.05) is 27.2 Å². The first-order chi connectivity index (χ1) is 6.79. The maximum atomic E-state index is 5.65. The van der Waals surface area contributed by atoms with Gasteiger partial charge in [0.15, 0.2) is 0 Å². The van der Waals surface area contributed by atoms with Gasteiger partial charge in [0.1, 0.15) is 0 Å². The molecule has 0 bridgehead atoms. The SMILES string of the molecule is CCCOCC1CNCC1C(C)CC. The first-order valence-corrected chi connectivity index (χ1v) is 6.08. The van der Waals surface area contributed by atoms with Crippen LogP contribution in [0.1, 0.15) is 33.6 Å². The quantitative estimate of drug-likeness (QED) is 0.663. The van der Waals surface area contributed by atoms with Gasteiger partial charge in [0, 0.05) is 13.2 Å². The molecular weight excluding hydrogens is 174 g/mol. The zero-order chi connectivity index (χ0) is 10.4. The van der Waals surface area contributed by atoms with Crippen molar-refractivity contribution in [3.63, 3.8) is 0 Å². The molecule has 2 heteroatoms. The van der Waals surface area contributed by atoms with E-state index in [-0.39, 0.29) is 0 Å². The summed E-state index contributed by atoms with van der Waals surface area (Å²) in [4.78, 5) is 0. The second-order valence-electron chi connectivity index (χ2n) is 4.54. The van der Waals surface area contributed by atoms with Gasteiger partial charge in [-0.15, -0.1) is 0 Å². The Hall–Kier alpha value is -0.0800. The van der Waals surface area contributed by atoms with Gasteiger partial charge in [-0.3, -0.25) is 0 Å². The molecule has 1 saturated heterocycles. The molecule has 1 aliphatic heterocycles. The van der Waals surface area contributed by atoms with E-state index in [2.05, 4.69) is 26.1 Å². The molecule has 0 spiro atoms. The summed E-state index contributed by atoms with van der Waals surface area (Å²) in [5.74, 6) is 2.41. The average molecular weight is 199 g/mol. The van der Waals surface area contributed by atoms with Crippen LogP contribution in [0.15, 0.2) is 0 Å². The lowest BCUT2D eigenvalue weighted by molar-refractivity contribution is 0.0812. The molecule has 0 saturated carbocycles. The average Bonchev–Trinajstić information content (AvgIpc) is 2.65. The van der Waals surface area contributed by atoms with Crippen molar-refractivity contribution in [1.82, 2.24) is 5.32 Å². The predicted octanol–water partition coefficient (Wildman–Crippen LogP) is 2.29. The van der Waals surface area contributed by atoms with Gasteiger partial charge in [-0.25, -0.2) is 0 Å². The fraction of sp³-hybridized carbons (Fsp3) is 1.00. The zero-order valence-corrected chi connectivity index (χ0v) is 9.88. The summed E-state index contributed by atoms with van der Waals surface area (Å²) in [6.45, 7) is 11.0. The van der Waals surface area contributed by atoms with Crippen molar-refractivity contribution in [2.24, 2.45) is 17.8 Å². The summed E-state index contributed by atoms with van der Waals surface area (Å²) >= 11 is 0. The van der Waals surface area contributed by atoms with E-state index in [0.717, 1.165) is 43.9 Å². The Morgan fingerprint density at radius 3 is 2.79 bits per heavy atom. The van der Waals surface area contributed by atoms with Crippen LogP contribution in [0.2, 0.25) is 0 Å². The van der Waals surface area contributed by atoms with Crippen LogP contribution in [0.4, 0.5) is 0 Å². The van der Waals surface area contributed by atoms with Gasteiger partial charge in [0.05, 0.1) is 6.61 Å². The van der Waals surface area contributed by atoms with Crippen molar-refractivity contribution in [2.45, 2.75) is 33.6 Å². The first kappa shape index (κ1) is 12.0. The molecule has 0 aromatic rings. The third kappa shape index (κ3) is 3.25. The molecular formula is C12H25NO. The molecule has 1 heterocycles. The third-order valence-corrected chi connectivity index (χ3v) is 3.45. The number of hydrogen-bond donors (Lipinski definition) is 1. The lowest BCUT2D eigenvalue weighted by atomic mass is 9.84. The van der Waals surface area contributed by atoms with E-state index in [4.69, 9.17) is 4.74 Å². The second kappa shape index (κ2) is 6.41. The van der Waals surface area contributed by atoms with E-state index in [0.29, 0.717) is 0 Å². The topological polar surface area (TPSA) is 21.3 Å². The summed E-state index contributed by atoms with van der Waals surface area (Å²) in [5, 5.41) is 3.48. The minimum absolute atomic E-state index is 0.747. The Bertz CT molecular complexity index is 149. The highest BCUT2D eigenvalue weighted by Gasteiger charge is 2.30. The smallest absolute Gasteiger partial charge is 0.0509 e.